The van der Waals surface area contributed by atoms with Crippen LogP contribution in [0.2, 0.25) is 0 Å². The van der Waals surface area contributed by atoms with E-state index >= 15 is 0 Å². The maximum Gasteiger partial charge on any atom is 0.348 e. The molecule has 0 radical (unpaired) electrons. The summed E-state index contributed by atoms with van der Waals surface area (Å²) in [5, 5.41) is 0.314. The van der Waals surface area contributed by atoms with Crippen molar-refractivity contribution >= 4 is 44.9 Å². The molecule has 0 spiro atoms. The highest BCUT2D eigenvalue weighted by atomic mass is 32.1. The lowest BCUT2D eigenvalue weighted by atomic mass is 9.98. The zero-order valence-corrected chi connectivity index (χ0v) is 22.2. The normalized spacial score (nSPS) is 16.6. The van der Waals surface area contributed by atoms with E-state index in [1.165, 1.54) is 15.8 Å². The van der Waals surface area contributed by atoms with Gasteiger partial charge in [0.25, 0.3) is 11.5 Å². The second kappa shape index (κ2) is 10.5. The first kappa shape index (κ1) is 25.8. The second-order valence-corrected chi connectivity index (χ2v) is 10.7. The van der Waals surface area contributed by atoms with Gasteiger partial charge in [0.15, 0.2) is 12.4 Å². The molecule has 0 saturated heterocycles. The first-order valence-corrected chi connectivity index (χ1v) is 13.5. The van der Waals surface area contributed by atoms with Crippen LogP contribution in [-0.2, 0) is 9.53 Å². The molecule has 38 heavy (non-hydrogen) atoms. The largest absolute Gasteiger partial charge is 0.482 e. The number of ether oxygens (including phenoxy) is 2. The predicted octanol–water partition coefficient (Wildman–Crippen LogP) is 4.61. The number of nitrogens with zero attached hydrogens (tertiary/aromatic N) is 3. The van der Waals surface area contributed by atoms with E-state index in [1.807, 2.05) is 0 Å². The number of fused-ring (bicyclic) bond motifs is 2. The molecular formula is C28H29N3O6S. The Labute approximate surface area is 223 Å². The van der Waals surface area contributed by atoms with Crippen molar-refractivity contribution in [2.75, 3.05) is 18.1 Å². The van der Waals surface area contributed by atoms with Gasteiger partial charge in [0.05, 0.1) is 23.4 Å². The maximum atomic E-state index is 13.5. The molecule has 1 atom stereocenters. The van der Waals surface area contributed by atoms with E-state index < -0.39 is 17.6 Å². The number of benzene rings is 1. The molecule has 1 aliphatic heterocycles. The topological polar surface area (TPSA) is 108 Å². The number of carbonyl (C=O) groups excluding carboxylic acids is 3. The zero-order chi connectivity index (χ0) is 27.0. The van der Waals surface area contributed by atoms with Gasteiger partial charge < -0.3 is 14.4 Å². The van der Waals surface area contributed by atoms with Gasteiger partial charge in [-0.2, -0.15) is 0 Å². The Kier molecular flexibility index (Phi) is 7.16. The number of rotatable bonds is 7. The Morgan fingerprint density at radius 3 is 2.76 bits per heavy atom. The van der Waals surface area contributed by atoms with Crippen molar-refractivity contribution in [3.63, 3.8) is 0 Å². The SMILES string of the molecule is C=CCN1C(=O)COc2ccc(C(=O)C(C)n3cnc4sc(C(=O)OC5CCCCC5)c(C)c4c3=O)cc21. The Morgan fingerprint density at radius 1 is 1.26 bits per heavy atom. The fourth-order valence-electron chi connectivity index (χ4n) is 5.05. The van der Waals surface area contributed by atoms with E-state index in [4.69, 9.17) is 9.47 Å². The minimum Gasteiger partial charge on any atom is -0.482 e. The molecule has 1 fully saturated rings. The fourth-order valence-corrected chi connectivity index (χ4v) is 6.07. The number of amides is 1. The summed E-state index contributed by atoms with van der Waals surface area (Å²) < 4.78 is 12.5. The first-order valence-electron chi connectivity index (χ1n) is 12.7. The number of aromatic nitrogens is 2. The Morgan fingerprint density at radius 2 is 2.03 bits per heavy atom. The number of carbonyl (C=O) groups is 3. The average molecular weight is 536 g/mol. The number of hydrogen-bond acceptors (Lipinski definition) is 8. The smallest absolute Gasteiger partial charge is 0.348 e. The molecule has 9 nitrogen and oxygen atoms in total. The average Bonchev–Trinajstić information content (AvgIpc) is 3.27. The van der Waals surface area contributed by atoms with Crippen LogP contribution in [0.25, 0.3) is 10.2 Å². The highest BCUT2D eigenvalue weighted by Crippen LogP contribution is 2.34. The van der Waals surface area contributed by atoms with Crippen molar-refractivity contribution in [3.8, 4) is 5.75 Å². The summed E-state index contributed by atoms with van der Waals surface area (Å²) in [4.78, 5) is 58.9. The maximum absolute atomic E-state index is 13.5. The number of thiophene rings is 1. The molecule has 1 unspecified atom stereocenters. The number of esters is 1. The van der Waals surface area contributed by atoms with Crippen LogP contribution in [0.1, 0.15) is 70.7 Å². The van der Waals surface area contributed by atoms with Gasteiger partial charge in [-0.3, -0.25) is 19.0 Å². The summed E-state index contributed by atoms with van der Waals surface area (Å²) in [5.41, 5.74) is 0.928. The van der Waals surface area contributed by atoms with Gasteiger partial charge >= 0.3 is 5.97 Å². The summed E-state index contributed by atoms with van der Waals surface area (Å²) in [6, 6.07) is 3.99. The molecule has 1 saturated carbocycles. The number of anilines is 1. The molecule has 2 aliphatic rings. The Balaban J connectivity index is 1.44. The van der Waals surface area contributed by atoms with Crippen LogP contribution >= 0.6 is 11.3 Å². The molecule has 5 rings (SSSR count). The van der Waals surface area contributed by atoms with Crippen molar-refractivity contribution in [2.24, 2.45) is 0 Å². The molecule has 10 heteroatoms. The Hall–Kier alpha value is -3.79. The van der Waals surface area contributed by atoms with Gasteiger partial charge in [-0.25, -0.2) is 9.78 Å². The molecular weight excluding hydrogens is 506 g/mol. The summed E-state index contributed by atoms with van der Waals surface area (Å²) >= 11 is 1.14. The quantitative estimate of drug-likeness (QED) is 0.247. The molecule has 3 aromatic rings. The molecule has 1 aromatic carbocycles. The lowest BCUT2D eigenvalue weighted by Gasteiger charge is -2.29. The van der Waals surface area contributed by atoms with E-state index in [-0.39, 0.29) is 30.9 Å². The molecule has 198 valence electrons. The number of Topliss-reactive ketones (excluding diaryl/α,β-unsaturated/α-hetero) is 1. The predicted molar refractivity (Wildman–Crippen MR) is 144 cm³/mol. The minimum absolute atomic E-state index is 0.0816. The number of hydrogen-bond donors (Lipinski definition) is 0. The summed E-state index contributed by atoms with van der Waals surface area (Å²) in [5.74, 6) is -0.482. The summed E-state index contributed by atoms with van der Waals surface area (Å²) in [6.45, 7) is 7.24. The van der Waals surface area contributed by atoms with Crippen LogP contribution in [0, 0.1) is 6.92 Å². The van der Waals surface area contributed by atoms with Gasteiger partial charge in [-0.15, -0.1) is 17.9 Å². The fraction of sp³-hybridized carbons (Fsp3) is 0.393. The molecule has 0 N–H and O–H groups in total. The van der Waals surface area contributed by atoms with E-state index in [2.05, 4.69) is 11.6 Å². The van der Waals surface area contributed by atoms with E-state index in [0.29, 0.717) is 37.7 Å². The monoisotopic (exact) mass is 535 g/mol. The third kappa shape index (κ3) is 4.64. The molecule has 1 aliphatic carbocycles. The molecule has 1 amide bonds. The Bertz CT molecular complexity index is 1500. The number of aryl methyl sites for hydroxylation is 1. The first-order chi connectivity index (χ1) is 18.3. The van der Waals surface area contributed by atoms with Crippen LogP contribution < -0.4 is 15.2 Å². The lowest BCUT2D eigenvalue weighted by molar-refractivity contribution is -0.121. The van der Waals surface area contributed by atoms with Crippen LogP contribution in [0.15, 0.2) is 42.0 Å². The summed E-state index contributed by atoms with van der Waals surface area (Å²) in [6.07, 6.45) is 7.80. The van der Waals surface area contributed by atoms with Gasteiger partial charge in [-0.1, -0.05) is 12.5 Å². The van der Waals surface area contributed by atoms with Crippen molar-refractivity contribution in [1.29, 1.82) is 0 Å². The van der Waals surface area contributed by atoms with Crippen molar-refractivity contribution < 1.29 is 23.9 Å². The van der Waals surface area contributed by atoms with Gasteiger partial charge in [0.1, 0.15) is 21.6 Å². The standard InChI is InChI=1S/C28H29N3O6S/c1-4-12-30-20-13-18(10-11-21(20)36-14-22(30)32)24(33)17(3)31-15-29-26-23(27(31)34)16(2)25(38-26)28(35)37-19-8-6-5-7-9-19/h4,10-11,13,15,17,19H,1,5-9,12,14H2,2-3H3. The molecule has 3 heterocycles. The van der Waals surface area contributed by atoms with Gasteiger partial charge in [0, 0.05) is 12.1 Å². The van der Waals surface area contributed by atoms with Gasteiger partial charge in [-0.05, 0) is 63.3 Å². The third-order valence-electron chi connectivity index (χ3n) is 7.18. The van der Waals surface area contributed by atoms with Crippen molar-refractivity contribution in [2.45, 2.75) is 58.1 Å². The van der Waals surface area contributed by atoms with E-state index in [9.17, 15) is 19.2 Å². The van der Waals surface area contributed by atoms with Crippen LogP contribution in [-0.4, -0.2) is 46.5 Å². The molecule has 0 bridgehead atoms. The highest BCUT2D eigenvalue weighted by Gasteiger charge is 2.29. The van der Waals surface area contributed by atoms with Crippen LogP contribution in [0.4, 0.5) is 5.69 Å². The highest BCUT2D eigenvalue weighted by molar-refractivity contribution is 7.20. The van der Waals surface area contributed by atoms with E-state index in [0.717, 1.165) is 43.4 Å². The second-order valence-electron chi connectivity index (χ2n) is 9.66. The minimum atomic E-state index is -0.873. The van der Waals surface area contributed by atoms with Crippen molar-refractivity contribution in [3.05, 3.63) is 63.5 Å². The lowest BCUT2D eigenvalue weighted by Crippen LogP contribution is -2.39. The summed E-state index contributed by atoms with van der Waals surface area (Å²) in [7, 11) is 0. The number of ketones is 1. The van der Waals surface area contributed by atoms with Crippen LogP contribution in [0.5, 0.6) is 5.75 Å². The molecule has 2 aromatic heterocycles. The van der Waals surface area contributed by atoms with Crippen molar-refractivity contribution in [1.82, 2.24) is 9.55 Å². The third-order valence-corrected chi connectivity index (χ3v) is 8.36. The zero-order valence-electron chi connectivity index (χ0n) is 21.4. The van der Waals surface area contributed by atoms with Gasteiger partial charge in [0.2, 0.25) is 0 Å². The van der Waals surface area contributed by atoms with E-state index in [1.54, 1.807) is 38.1 Å². The van der Waals surface area contributed by atoms with Crippen LogP contribution in [0.3, 0.4) is 0 Å².